The molecule has 108 heavy (non-hydrogen) atoms. The number of nitro benzene ring substituents is 2. The van der Waals surface area contributed by atoms with Crippen molar-refractivity contribution in [3.05, 3.63) is 162 Å². The standard InChI is InChI=1S/C16H23BrN2O4S.C12H15BrN2O3S.C11H14BrNO4S.C11H16BrNO2S.C7H14O4.C6H3BrFNO2.C4H11NO2S.ClH/c1-4-22-16(23-5-2)15-18-13-11-12(17)7-8-14(13)19(15)9-6-10-24(3,20)21;1-19(17,18)6-2-5-15-11-4-3-9(13)7-10(11)14-12(15)8-16;1-18(16,17)7-3-2-4-9-5-6-10(12)8-11(9)13(14)15;1-16(14,15)7-3-2-4-9-5-6-10(12)8-11(9)13;1-4-10-7(11-5-2)6(8)9-3;7-4-1-2-5(8)6(3-4)9(10)11;1-8(6,7)4-2-3-5;/h7-8,11,16H,4-6,9-10H2,1-3H3;3-4,7,16H,2,5-6,8H2,1H3;5-6,8H,2-4,7H2,1H3;5-6,8H,2-4,7,13H2,1H3;7H,4-5H2,1-3H3;1-3H;2-5H2,1H3;1H. The predicted octanol–water partition coefficient (Wildman–Crippen LogP) is 13.0. The van der Waals surface area contributed by atoms with Crippen molar-refractivity contribution in [3.8, 4) is 0 Å². The van der Waals surface area contributed by atoms with Crippen molar-refractivity contribution in [1.82, 2.24) is 19.1 Å². The molecule has 5 aromatic carbocycles. The van der Waals surface area contributed by atoms with E-state index in [9.17, 15) is 76.6 Å². The summed E-state index contributed by atoms with van der Waals surface area (Å²) in [5, 5.41) is 30.3. The number of halogens is 7. The molecule has 610 valence electrons. The minimum Gasteiger partial charge on any atom is -0.465 e. The summed E-state index contributed by atoms with van der Waals surface area (Å²) in [5.41, 5.74) is 16.4. The van der Waals surface area contributed by atoms with Gasteiger partial charge in [0.25, 0.3) is 12.0 Å². The fraction of sp³-hybridized carbons (Fsp3) is 0.507. The Bertz CT molecular complexity index is 4540. The third kappa shape index (κ3) is 44.5. The molecule has 2 aromatic heterocycles. The second-order valence-corrected chi connectivity index (χ2v) is 39.3. The lowest BCUT2D eigenvalue weighted by Gasteiger charge is -2.18. The molecule has 0 saturated carbocycles. The lowest BCUT2D eigenvalue weighted by molar-refractivity contribution is -0.387. The van der Waals surface area contributed by atoms with Crippen LogP contribution >= 0.6 is 92.1 Å². The molecule has 7 aromatic rings. The number of carbonyl (C=O) groups excluding carboxylic acids is 1. The Hall–Kier alpha value is -4.76. The Morgan fingerprint density at radius 2 is 0.898 bits per heavy atom. The molecule has 5 N–H and O–H groups in total. The number of unbranched alkanes of at least 4 members (excludes halogenated alkanes) is 2. The molecule has 29 nitrogen and oxygen atoms in total. The number of aromatic nitrogens is 4. The van der Waals surface area contributed by atoms with Gasteiger partial charge >= 0.3 is 11.7 Å². The molecule has 0 atom stereocenters. The fourth-order valence-corrected chi connectivity index (χ4v) is 14.4. The molecule has 0 radical (unpaired) electrons. The van der Waals surface area contributed by atoms with Gasteiger partial charge in [0.1, 0.15) is 61.6 Å². The first-order chi connectivity index (χ1) is 49.9. The molecule has 7 rings (SSSR count). The number of imidazole rings is 2. The van der Waals surface area contributed by atoms with Gasteiger partial charge in [0.05, 0.1) is 56.3 Å². The number of nitrogen functional groups attached to an aromatic ring is 1. The first kappa shape index (κ1) is 103. The van der Waals surface area contributed by atoms with E-state index in [0.29, 0.717) is 117 Å². The quantitative estimate of drug-likeness (QED) is 0.00842. The predicted molar refractivity (Wildman–Crippen MR) is 441 cm³/mol. The number of ether oxygens (including phenoxy) is 5. The van der Waals surface area contributed by atoms with Gasteiger partial charge in [-0.2, -0.15) is 4.39 Å². The van der Waals surface area contributed by atoms with Crippen molar-refractivity contribution < 1.29 is 89.9 Å². The van der Waals surface area contributed by atoms with Gasteiger partial charge in [-0.3, -0.25) is 20.2 Å². The summed E-state index contributed by atoms with van der Waals surface area (Å²) in [6, 6.07) is 25.8. The highest BCUT2D eigenvalue weighted by Gasteiger charge is 2.23. The van der Waals surface area contributed by atoms with Crippen LogP contribution in [0.1, 0.15) is 102 Å². The van der Waals surface area contributed by atoms with Crippen molar-refractivity contribution in [3.63, 3.8) is 0 Å². The summed E-state index contributed by atoms with van der Waals surface area (Å²) in [6.45, 7) is 10.6. The molecule has 41 heteroatoms. The number of nitrogens with zero attached hydrogens (tertiary/aromatic N) is 6. The molecule has 0 saturated heterocycles. The van der Waals surface area contributed by atoms with Crippen molar-refractivity contribution in [2.45, 2.75) is 118 Å². The van der Waals surface area contributed by atoms with Gasteiger partial charge in [-0.15, -0.1) is 12.4 Å². The van der Waals surface area contributed by atoms with Gasteiger partial charge in [0.15, 0.2) is 5.82 Å². The Kier molecular flexibility index (Phi) is 50.2. The topological polar surface area (TPSA) is 428 Å². The second kappa shape index (κ2) is 52.5. The molecular weight excluding hydrogens is 1870 g/mol. The Labute approximate surface area is 680 Å². The molecule has 0 fully saturated rings. The summed E-state index contributed by atoms with van der Waals surface area (Å²) in [7, 11) is -13.2. The summed E-state index contributed by atoms with van der Waals surface area (Å²) in [6.07, 6.45) is 10.3. The summed E-state index contributed by atoms with van der Waals surface area (Å²) in [5.74, 6) is 0.767. The van der Waals surface area contributed by atoms with E-state index in [1.54, 1.807) is 26.0 Å². The number of aliphatic hydroxyl groups excluding tert-OH is 1. The van der Waals surface area contributed by atoms with E-state index in [-0.39, 0.29) is 53.5 Å². The fourth-order valence-electron chi connectivity index (χ4n) is 9.15. The highest BCUT2D eigenvalue weighted by Crippen LogP contribution is 2.29. The van der Waals surface area contributed by atoms with Crippen molar-refractivity contribution >= 4 is 186 Å². The van der Waals surface area contributed by atoms with Crippen LogP contribution in [0.25, 0.3) is 22.1 Å². The first-order valence-corrected chi connectivity index (χ1v) is 47.2. The van der Waals surface area contributed by atoms with E-state index in [2.05, 4.69) is 94.4 Å². The van der Waals surface area contributed by atoms with Crippen molar-refractivity contribution in [1.29, 1.82) is 0 Å². The van der Waals surface area contributed by atoms with Crippen LogP contribution in [0, 0.1) is 26.0 Å². The number of hydrogen-bond donors (Lipinski definition) is 3. The number of sulfone groups is 5. The van der Waals surface area contributed by atoms with Gasteiger partial charge < -0.3 is 49.4 Å². The van der Waals surface area contributed by atoms with Crippen LogP contribution in [0.2, 0.25) is 0 Å². The zero-order valence-corrected chi connectivity index (χ0v) is 74.4. The smallest absolute Gasteiger partial charge is 0.363 e. The maximum atomic E-state index is 12.6. The minimum atomic E-state index is -2.99. The number of nitrogens with two attached hydrogens (primary N) is 2. The first-order valence-electron chi connectivity index (χ1n) is 33.0. The molecule has 0 aliphatic heterocycles. The number of aliphatic hydroxyl groups is 1. The Balaban J connectivity index is 0.00000127. The molecule has 0 bridgehead atoms. The minimum absolute atomic E-state index is 0. The Morgan fingerprint density at radius 3 is 1.30 bits per heavy atom. The molecule has 0 amide bonds. The Morgan fingerprint density at radius 1 is 0.528 bits per heavy atom. The van der Waals surface area contributed by atoms with Crippen LogP contribution in [-0.2, 0) is 110 Å². The SMILES string of the molecule is CCOC(OCC)C(=O)OC.CCOC(OCC)c1nc2cc(Br)ccc2n1CCCS(C)(=O)=O.CS(=O)(=O)CCCCc1ccc(Br)cc1N.CS(=O)(=O)CCCCc1ccc(Br)cc1[N+](=O)[O-].CS(=O)(=O)CCCN.CS(=O)(=O)CCCn1c(CO)nc2cc(Br)ccc21.Cl.O=[N+]([O-])c1cc(Br)ccc1F. The second-order valence-electron chi connectivity index (χ2n) is 23.4. The van der Waals surface area contributed by atoms with Gasteiger partial charge in [0, 0.05) is 128 Å². The number of rotatable bonds is 34. The van der Waals surface area contributed by atoms with E-state index in [0.717, 1.165) is 71.7 Å². The number of benzene rings is 5. The van der Waals surface area contributed by atoms with Crippen LogP contribution in [0.15, 0.2) is 113 Å². The number of hydrogen-bond acceptors (Lipinski definition) is 25. The highest BCUT2D eigenvalue weighted by atomic mass is 79.9. The average molecular weight is 1960 g/mol. The van der Waals surface area contributed by atoms with Gasteiger partial charge in [-0.25, -0.2) is 56.9 Å². The van der Waals surface area contributed by atoms with Crippen LogP contribution in [-0.4, -0.2) is 189 Å². The third-order valence-corrected chi connectivity index (χ3v) is 21.6. The molecule has 0 unspecified atom stereocenters. The van der Waals surface area contributed by atoms with Gasteiger partial charge in [0.2, 0.25) is 12.1 Å². The van der Waals surface area contributed by atoms with Crippen LogP contribution in [0.3, 0.4) is 0 Å². The van der Waals surface area contributed by atoms with E-state index < -0.39 is 89.1 Å². The lowest BCUT2D eigenvalue weighted by atomic mass is 10.1. The van der Waals surface area contributed by atoms with E-state index in [4.69, 9.17) is 30.4 Å². The van der Waals surface area contributed by atoms with Gasteiger partial charge in [-0.1, -0.05) is 91.8 Å². The largest absolute Gasteiger partial charge is 0.465 e. The van der Waals surface area contributed by atoms with Gasteiger partial charge in [-0.05, 0) is 164 Å². The third-order valence-electron chi connectivity index (χ3n) is 13.9. The number of methoxy groups -OCH3 is 1. The summed E-state index contributed by atoms with van der Waals surface area (Å²) < 4.78 is 156. The molecule has 0 aliphatic carbocycles. The number of carbonyl (C=O) groups is 1. The lowest BCUT2D eigenvalue weighted by Crippen LogP contribution is -2.28. The molecule has 2 heterocycles. The number of anilines is 1. The molecule has 0 spiro atoms. The molecular formula is C67H97Br5ClFN8O21S5. The van der Waals surface area contributed by atoms with Crippen LogP contribution in [0.5, 0.6) is 0 Å². The molecule has 0 aliphatic rings. The summed E-state index contributed by atoms with van der Waals surface area (Å²) >= 11 is 16.4. The monoisotopic (exact) mass is 1960 g/mol. The van der Waals surface area contributed by atoms with Crippen LogP contribution < -0.4 is 11.5 Å². The number of fused-ring (bicyclic) bond motifs is 2. The van der Waals surface area contributed by atoms with E-state index in [1.807, 2.05) is 77.6 Å². The van der Waals surface area contributed by atoms with E-state index >= 15 is 0 Å². The maximum Gasteiger partial charge on any atom is 0.363 e. The van der Waals surface area contributed by atoms with Crippen LogP contribution in [0.4, 0.5) is 21.5 Å². The highest BCUT2D eigenvalue weighted by molar-refractivity contribution is 9.11. The zero-order chi connectivity index (χ0) is 81.5. The number of aryl methyl sites for hydroxylation is 4. The number of esters is 1. The maximum absolute atomic E-state index is 12.6. The summed E-state index contributed by atoms with van der Waals surface area (Å²) in [4.78, 5) is 39.6. The van der Waals surface area contributed by atoms with E-state index in [1.165, 1.54) is 50.5 Å². The van der Waals surface area contributed by atoms with Crippen molar-refractivity contribution in [2.24, 2.45) is 5.73 Å². The average Bonchev–Trinajstić information content (AvgIpc) is 1.65. The normalized spacial score (nSPS) is 11.4. The zero-order valence-electron chi connectivity index (χ0n) is 61.5. The number of nitro groups is 2. The van der Waals surface area contributed by atoms with Crippen molar-refractivity contribution in [2.75, 3.05) is 106 Å².